The maximum Gasteiger partial charge on any atom is 0.338 e. The second-order valence-corrected chi connectivity index (χ2v) is 6.06. The van der Waals surface area contributed by atoms with E-state index in [1.807, 2.05) is 38.1 Å². The first-order chi connectivity index (χ1) is 12.5. The van der Waals surface area contributed by atoms with Crippen LogP contribution in [-0.4, -0.2) is 25.1 Å². The van der Waals surface area contributed by atoms with Gasteiger partial charge in [0.1, 0.15) is 5.75 Å². The van der Waals surface area contributed by atoms with Gasteiger partial charge < -0.3 is 14.8 Å². The van der Waals surface area contributed by atoms with Crippen LogP contribution in [0, 0.1) is 13.8 Å². The summed E-state index contributed by atoms with van der Waals surface area (Å²) >= 11 is 0. The van der Waals surface area contributed by atoms with Gasteiger partial charge in [-0.1, -0.05) is 17.7 Å². The van der Waals surface area contributed by atoms with E-state index >= 15 is 0 Å². The zero-order valence-corrected chi connectivity index (χ0v) is 15.5. The van der Waals surface area contributed by atoms with Gasteiger partial charge in [0.25, 0.3) is 0 Å². The topological polar surface area (TPSA) is 64.6 Å². The Morgan fingerprint density at radius 3 is 2.42 bits per heavy atom. The van der Waals surface area contributed by atoms with E-state index in [0.717, 1.165) is 11.3 Å². The van der Waals surface area contributed by atoms with E-state index in [1.54, 1.807) is 25.1 Å². The second-order valence-electron chi connectivity index (χ2n) is 6.06. The monoisotopic (exact) mass is 355 g/mol. The summed E-state index contributed by atoms with van der Waals surface area (Å²) in [7, 11) is 0. The average Bonchev–Trinajstić information content (AvgIpc) is 2.62. The number of esters is 1. The van der Waals surface area contributed by atoms with Crippen molar-refractivity contribution in [3.63, 3.8) is 0 Å². The van der Waals surface area contributed by atoms with Crippen molar-refractivity contribution in [1.29, 1.82) is 0 Å². The van der Waals surface area contributed by atoms with Crippen LogP contribution in [0.3, 0.4) is 0 Å². The number of amides is 1. The molecule has 0 radical (unpaired) electrons. The fourth-order valence-electron chi connectivity index (χ4n) is 2.42. The lowest BCUT2D eigenvalue weighted by molar-refractivity contribution is -0.116. The van der Waals surface area contributed by atoms with Gasteiger partial charge in [-0.3, -0.25) is 4.79 Å². The Morgan fingerprint density at radius 2 is 1.77 bits per heavy atom. The Hall–Kier alpha value is -2.82. The molecular formula is C21H25NO4. The van der Waals surface area contributed by atoms with E-state index in [9.17, 15) is 9.59 Å². The molecule has 0 spiro atoms. The third-order valence-corrected chi connectivity index (χ3v) is 3.85. The number of rotatable bonds is 8. The fraction of sp³-hybridized carbons (Fsp3) is 0.333. The summed E-state index contributed by atoms with van der Waals surface area (Å²) in [5, 5.41) is 2.87. The van der Waals surface area contributed by atoms with Crippen molar-refractivity contribution in [2.75, 3.05) is 18.5 Å². The molecule has 5 heteroatoms. The lowest BCUT2D eigenvalue weighted by Gasteiger charge is -2.10. The van der Waals surface area contributed by atoms with E-state index in [1.165, 1.54) is 5.56 Å². The molecule has 138 valence electrons. The molecular weight excluding hydrogens is 330 g/mol. The molecule has 2 aromatic carbocycles. The largest absolute Gasteiger partial charge is 0.494 e. The predicted octanol–water partition coefficient (Wildman–Crippen LogP) is 4.28. The summed E-state index contributed by atoms with van der Waals surface area (Å²) in [6, 6.07) is 12.9. The number of hydrogen-bond donors (Lipinski definition) is 1. The van der Waals surface area contributed by atoms with E-state index < -0.39 is 0 Å². The Bertz CT molecular complexity index is 753. The Morgan fingerprint density at radius 1 is 1.04 bits per heavy atom. The minimum Gasteiger partial charge on any atom is -0.494 e. The smallest absolute Gasteiger partial charge is 0.338 e. The van der Waals surface area contributed by atoms with Crippen LogP contribution >= 0.6 is 0 Å². The number of ether oxygens (including phenoxy) is 2. The predicted molar refractivity (Wildman–Crippen MR) is 102 cm³/mol. The maximum atomic E-state index is 12.1. The zero-order valence-electron chi connectivity index (χ0n) is 15.5. The van der Waals surface area contributed by atoms with Gasteiger partial charge in [-0.15, -0.1) is 0 Å². The molecule has 2 rings (SSSR count). The number of nitrogens with one attached hydrogen (secondary N) is 1. The second kappa shape index (κ2) is 9.61. The molecule has 1 amide bonds. The highest BCUT2D eigenvalue weighted by molar-refractivity contribution is 5.94. The van der Waals surface area contributed by atoms with Gasteiger partial charge in [0, 0.05) is 12.1 Å². The number of anilines is 1. The first kappa shape index (κ1) is 19.5. The number of carbonyl (C=O) groups excluding carboxylic acids is 2. The van der Waals surface area contributed by atoms with E-state index in [4.69, 9.17) is 9.47 Å². The molecule has 0 aromatic heterocycles. The third-order valence-electron chi connectivity index (χ3n) is 3.85. The molecule has 0 bridgehead atoms. The van der Waals surface area contributed by atoms with Gasteiger partial charge in [0.2, 0.25) is 5.91 Å². The van der Waals surface area contributed by atoms with Crippen molar-refractivity contribution < 1.29 is 19.1 Å². The average molecular weight is 355 g/mol. The Labute approximate surface area is 154 Å². The molecule has 5 nitrogen and oxygen atoms in total. The number of carbonyl (C=O) groups is 2. The Kier molecular flexibility index (Phi) is 7.21. The van der Waals surface area contributed by atoms with Gasteiger partial charge in [-0.25, -0.2) is 4.79 Å². The minimum atomic E-state index is -0.360. The first-order valence-electron chi connectivity index (χ1n) is 8.76. The zero-order chi connectivity index (χ0) is 18.9. The van der Waals surface area contributed by atoms with Gasteiger partial charge in [-0.2, -0.15) is 0 Å². The van der Waals surface area contributed by atoms with Crippen LogP contribution in [0.4, 0.5) is 5.69 Å². The van der Waals surface area contributed by atoms with Crippen LogP contribution in [-0.2, 0) is 9.53 Å². The van der Waals surface area contributed by atoms with Gasteiger partial charge >= 0.3 is 5.97 Å². The minimum absolute atomic E-state index is 0.0792. The van der Waals surface area contributed by atoms with E-state index in [0.29, 0.717) is 37.3 Å². The van der Waals surface area contributed by atoms with Crippen molar-refractivity contribution in [3.8, 4) is 5.75 Å². The lowest BCUT2D eigenvalue weighted by atomic mass is 10.1. The van der Waals surface area contributed by atoms with Crippen LogP contribution < -0.4 is 10.1 Å². The molecule has 26 heavy (non-hydrogen) atoms. The van der Waals surface area contributed by atoms with Gasteiger partial charge in [0.05, 0.1) is 18.8 Å². The van der Waals surface area contributed by atoms with Crippen LogP contribution in [0.5, 0.6) is 5.75 Å². The van der Waals surface area contributed by atoms with Gasteiger partial charge in [-0.05, 0) is 63.1 Å². The Balaban J connectivity index is 1.78. The molecule has 0 saturated carbocycles. The molecule has 1 N–H and O–H groups in total. The highest BCUT2D eigenvalue weighted by Crippen LogP contribution is 2.18. The SMILES string of the molecule is CCOC(=O)c1ccc(NC(=O)CCCOc2ccc(C)cc2)c(C)c1. The normalized spacial score (nSPS) is 10.3. The molecule has 2 aromatic rings. The van der Waals surface area contributed by atoms with Gasteiger partial charge in [0.15, 0.2) is 0 Å². The van der Waals surface area contributed by atoms with E-state index in [-0.39, 0.29) is 11.9 Å². The highest BCUT2D eigenvalue weighted by Gasteiger charge is 2.10. The van der Waals surface area contributed by atoms with Crippen molar-refractivity contribution in [2.45, 2.75) is 33.6 Å². The summed E-state index contributed by atoms with van der Waals surface area (Å²) in [6.07, 6.45) is 0.991. The lowest BCUT2D eigenvalue weighted by Crippen LogP contribution is -2.14. The molecule has 0 atom stereocenters. The fourth-order valence-corrected chi connectivity index (χ4v) is 2.42. The maximum absolute atomic E-state index is 12.1. The molecule has 0 aliphatic rings. The highest BCUT2D eigenvalue weighted by atomic mass is 16.5. The standard InChI is InChI=1S/C21H25NO4/c1-4-25-21(24)17-9-12-19(16(3)14-17)22-20(23)6-5-13-26-18-10-7-15(2)8-11-18/h7-12,14H,4-6,13H2,1-3H3,(H,22,23). The van der Waals surface area contributed by atoms with Crippen molar-refractivity contribution in [2.24, 2.45) is 0 Å². The summed E-state index contributed by atoms with van der Waals surface area (Å²) in [4.78, 5) is 23.8. The van der Waals surface area contributed by atoms with E-state index in [2.05, 4.69) is 5.32 Å². The van der Waals surface area contributed by atoms with Crippen LogP contribution in [0.2, 0.25) is 0 Å². The summed E-state index contributed by atoms with van der Waals surface area (Å²) in [6.45, 7) is 6.45. The van der Waals surface area contributed by atoms with Crippen LogP contribution in [0.1, 0.15) is 41.3 Å². The summed E-state index contributed by atoms with van der Waals surface area (Å²) in [5.74, 6) is 0.368. The van der Waals surface area contributed by atoms with Crippen molar-refractivity contribution >= 4 is 17.6 Å². The molecule has 0 heterocycles. The molecule has 0 aliphatic heterocycles. The summed E-state index contributed by atoms with van der Waals surface area (Å²) < 4.78 is 10.6. The first-order valence-corrected chi connectivity index (χ1v) is 8.76. The number of benzene rings is 2. The quantitative estimate of drug-likeness (QED) is 0.567. The van der Waals surface area contributed by atoms with Crippen molar-refractivity contribution in [1.82, 2.24) is 0 Å². The van der Waals surface area contributed by atoms with Crippen molar-refractivity contribution in [3.05, 3.63) is 59.2 Å². The number of hydrogen-bond acceptors (Lipinski definition) is 4. The molecule has 0 unspecified atom stereocenters. The van der Waals surface area contributed by atoms with Crippen LogP contribution in [0.25, 0.3) is 0 Å². The molecule has 0 aliphatic carbocycles. The van der Waals surface area contributed by atoms with Crippen LogP contribution in [0.15, 0.2) is 42.5 Å². The molecule has 0 fully saturated rings. The summed E-state index contributed by atoms with van der Waals surface area (Å²) in [5.41, 5.74) is 3.18. The number of aryl methyl sites for hydroxylation is 2. The third kappa shape index (κ3) is 5.92. The molecule has 0 saturated heterocycles.